The number of anilines is 2. The summed E-state index contributed by atoms with van der Waals surface area (Å²) >= 11 is 0. The van der Waals surface area contributed by atoms with E-state index in [2.05, 4.69) is 15.6 Å². The number of fused-ring (bicyclic) bond motifs is 1. The lowest BCUT2D eigenvalue weighted by atomic mass is 10.2. The summed E-state index contributed by atoms with van der Waals surface area (Å²) in [4.78, 5) is 28.2. The van der Waals surface area contributed by atoms with Crippen LogP contribution in [0, 0.1) is 5.92 Å². The van der Waals surface area contributed by atoms with Gasteiger partial charge in [0.1, 0.15) is 5.52 Å². The number of rotatable bonds is 5. The molecular formula is C20H17N3O3. The molecule has 6 nitrogen and oxygen atoms in total. The Bertz CT molecular complexity index is 969. The number of carbonyl (C=O) groups is 2. The van der Waals surface area contributed by atoms with Crippen LogP contribution in [0.4, 0.5) is 11.4 Å². The van der Waals surface area contributed by atoms with Crippen molar-refractivity contribution >= 4 is 40.4 Å². The first-order valence-corrected chi connectivity index (χ1v) is 8.43. The summed E-state index contributed by atoms with van der Waals surface area (Å²) in [5, 5.41) is 5.61. The van der Waals surface area contributed by atoms with Crippen molar-refractivity contribution in [2.24, 2.45) is 5.92 Å². The van der Waals surface area contributed by atoms with E-state index in [9.17, 15) is 9.59 Å². The molecule has 0 bridgehead atoms. The number of para-hydroxylation sites is 2. The van der Waals surface area contributed by atoms with Crippen molar-refractivity contribution in [2.45, 2.75) is 12.8 Å². The van der Waals surface area contributed by atoms with Crippen LogP contribution >= 0.6 is 0 Å². The zero-order valence-corrected chi connectivity index (χ0v) is 13.9. The molecule has 0 aliphatic heterocycles. The quantitative estimate of drug-likeness (QED) is 0.687. The molecule has 0 saturated heterocycles. The molecule has 1 saturated carbocycles. The van der Waals surface area contributed by atoms with Gasteiger partial charge in [-0.2, -0.15) is 0 Å². The molecule has 26 heavy (non-hydrogen) atoms. The minimum atomic E-state index is -0.307. The molecule has 2 aromatic carbocycles. The molecule has 1 aliphatic rings. The fourth-order valence-corrected chi connectivity index (χ4v) is 2.56. The molecule has 0 atom stereocenters. The molecule has 1 aliphatic carbocycles. The largest absolute Gasteiger partial charge is 0.437 e. The Labute approximate surface area is 149 Å². The fourth-order valence-electron chi connectivity index (χ4n) is 2.56. The number of aromatic nitrogens is 1. The van der Waals surface area contributed by atoms with Crippen molar-refractivity contribution in [2.75, 3.05) is 10.6 Å². The molecule has 6 heteroatoms. The van der Waals surface area contributed by atoms with Crippen LogP contribution in [0.2, 0.25) is 0 Å². The predicted molar refractivity (Wildman–Crippen MR) is 99.5 cm³/mol. The molecule has 1 heterocycles. The number of carbonyl (C=O) groups excluding carboxylic acids is 2. The second-order valence-electron chi connectivity index (χ2n) is 6.19. The molecule has 4 rings (SSSR count). The molecule has 3 aromatic rings. The van der Waals surface area contributed by atoms with Gasteiger partial charge in [0.05, 0.1) is 0 Å². The van der Waals surface area contributed by atoms with Crippen molar-refractivity contribution in [1.82, 2.24) is 4.98 Å². The van der Waals surface area contributed by atoms with Gasteiger partial charge in [0.15, 0.2) is 5.58 Å². The third-order valence-corrected chi connectivity index (χ3v) is 4.03. The standard InChI is InChI=1S/C20H17N3O3/c24-18(10-11-19-23-16-6-1-2-7-17(16)26-19)21-14-4-3-5-15(12-14)22-20(25)13-8-9-13/h1-7,10-13H,8-9H2,(H,21,24)(H,22,25)/b11-10+. The van der Waals surface area contributed by atoms with E-state index in [1.54, 1.807) is 24.3 Å². The zero-order chi connectivity index (χ0) is 17.9. The summed E-state index contributed by atoms with van der Waals surface area (Å²) in [6.07, 6.45) is 4.78. The van der Waals surface area contributed by atoms with Gasteiger partial charge in [-0.05, 0) is 43.2 Å². The van der Waals surface area contributed by atoms with Gasteiger partial charge in [0, 0.05) is 29.4 Å². The molecule has 0 spiro atoms. The third-order valence-electron chi connectivity index (χ3n) is 4.03. The molecular weight excluding hydrogens is 330 g/mol. The normalized spacial score (nSPS) is 13.8. The van der Waals surface area contributed by atoms with E-state index in [-0.39, 0.29) is 17.7 Å². The van der Waals surface area contributed by atoms with Gasteiger partial charge in [-0.3, -0.25) is 9.59 Å². The van der Waals surface area contributed by atoms with Crippen molar-refractivity contribution in [3.8, 4) is 0 Å². The van der Waals surface area contributed by atoms with Gasteiger partial charge in [-0.15, -0.1) is 0 Å². The lowest BCUT2D eigenvalue weighted by Gasteiger charge is -2.07. The van der Waals surface area contributed by atoms with E-state index < -0.39 is 0 Å². The molecule has 2 N–H and O–H groups in total. The smallest absolute Gasteiger partial charge is 0.248 e. The third kappa shape index (κ3) is 3.80. The SMILES string of the molecule is O=C(/C=C/c1nc2ccccc2o1)Nc1cccc(NC(=O)C2CC2)c1. The van der Waals surface area contributed by atoms with Gasteiger partial charge in [0.25, 0.3) is 0 Å². The Morgan fingerprint density at radius 1 is 1.04 bits per heavy atom. The summed E-state index contributed by atoms with van der Waals surface area (Å²) in [7, 11) is 0. The summed E-state index contributed by atoms with van der Waals surface area (Å²) < 4.78 is 5.53. The van der Waals surface area contributed by atoms with Crippen molar-refractivity contribution < 1.29 is 14.0 Å². The van der Waals surface area contributed by atoms with Crippen molar-refractivity contribution in [3.05, 3.63) is 60.5 Å². The van der Waals surface area contributed by atoms with Crippen LogP contribution < -0.4 is 10.6 Å². The molecule has 1 fully saturated rings. The summed E-state index contributed by atoms with van der Waals surface area (Å²) in [6.45, 7) is 0. The molecule has 1 aromatic heterocycles. The maximum absolute atomic E-state index is 12.1. The number of nitrogens with zero attached hydrogens (tertiary/aromatic N) is 1. The van der Waals surface area contributed by atoms with Crippen molar-refractivity contribution in [3.63, 3.8) is 0 Å². The summed E-state index contributed by atoms with van der Waals surface area (Å²) in [5.41, 5.74) is 2.69. The molecule has 0 unspecified atom stereocenters. The highest BCUT2D eigenvalue weighted by Crippen LogP contribution is 2.30. The Morgan fingerprint density at radius 3 is 2.58 bits per heavy atom. The highest BCUT2D eigenvalue weighted by molar-refractivity contribution is 6.02. The number of oxazole rings is 1. The Hall–Kier alpha value is -3.41. The number of benzene rings is 2. The highest BCUT2D eigenvalue weighted by Gasteiger charge is 2.29. The highest BCUT2D eigenvalue weighted by atomic mass is 16.3. The van der Waals surface area contributed by atoms with E-state index in [1.165, 1.54) is 12.2 Å². The van der Waals surface area contributed by atoms with E-state index in [1.807, 2.05) is 24.3 Å². The maximum atomic E-state index is 12.1. The first-order chi connectivity index (χ1) is 12.7. The van der Waals surface area contributed by atoms with Gasteiger partial charge >= 0.3 is 0 Å². The van der Waals surface area contributed by atoms with E-state index in [0.717, 1.165) is 18.4 Å². The number of amides is 2. The monoisotopic (exact) mass is 347 g/mol. The van der Waals surface area contributed by atoms with E-state index in [4.69, 9.17) is 4.42 Å². The molecule has 2 amide bonds. The van der Waals surface area contributed by atoms with E-state index >= 15 is 0 Å². The van der Waals surface area contributed by atoms with Gasteiger partial charge in [-0.1, -0.05) is 18.2 Å². The van der Waals surface area contributed by atoms with Gasteiger partial charge in [0.2, 0.25) is 17.7 Å². The van der Waals surface area contributed by atoms with Crippen LogP contribution in [-0.2, 0) is 9.59 Å². The number of nitrogens with one attached hydrogen (secondary N) is 2. The molecule has 130 valence electrons. The Balaban J connectivity index is 1.40. The van der Waals surface area contributed by atoms with Gasteiger partial charge in [-0.25, -0.2) is 4.98 Å². The minimum Gasteiger partial charge on any atom is -0.437 e. The van der Waals surface area contributed by atoms with Gasteiger partial charge < -0.3 is 15.1 Å². The average Bonchev–Trinajstić information content (AvgIpc) is 3.40. The van der Waals surface area contributed by atoms with Crippen LogP contribution in [0.15, 0.2) is 59.0 Å². The number of hydrogen-bond acceptors (Lipinski definition) is 4. The maximum Gasteiger partial charge on any atom is 0.248 e. The first-order valence-electron chi connectivity index (χ1n) is 8.43. The van der Waals surface area contributed by atoms with Crippen LogP contribution in [0.3, 0.4) is 0 Å². The van der Waals surface area contributed by atoms with Crippen LogP contribution in [0.25, 0.3) is 17.2 Å². The second-order valence-corrected chi connectivity index (χ2v) is 6.19. The van der Waals surface area contributed by atoms with Crippen LogP contribution in [0.5, 0.6) is 0 Å². The van der Waals surface area contributed by atoms with Crippen LogP contribution in [0.1, 0.15) is 18.7 Å². The first kappa shape index (κ1) is 16.1. The number of hydrogen-bond donors (Lipinski definition) is 2. The minimum absolute atomic E-state index is 0.0318. The Kier molecular flexibility index (Phi) is 4.23. The predicted octanol–water partition coefficient (Wildman–Crippen LogP) is 3.83. The second kappa shape index (κ2) is 6.84. The zero-order valence-electron chi connectivity index (χ0n) is 13.9. The van der Waals surface area contributed by atoms with E-state index in [0.29, 0.717) is 22.8 Å². The lowest BCUT2D eigenvalue weighted by molar-refractivity contribution is -0.117. The van der Waals surface area contributed by atoms with Crippen LogP contribution in [-0.4, -0.2) is 16.8 Å². The summed E-state index contributed by atoms with van der Waals surface area (Å²) in [5.74, 6) is 0.224. The van der Waals surface area contributed by atoms with Crippen molar-refractivity contribution in [1.29, 1.82) is 0 Å². The average molecular weight is 347 g/mol. The topological polar surface area (TPSA) is 84.2 Å². The fraction of sp³-hybridized carbons (Fsp3) is 0.150. The lowest BCUT2D eigenvalue weighted by Crippen LogP contribution is -2.14. The Morgan fingerprint density at radius 2 is 1.81 bits per heavy atom. The summed E-state index contributed by atoms with van der Waals surface area (Å²) in [6, 6.07) is 14.5. The molecule has 0 radical (unpaired) electrons.